The summed E-state index contributed by atoms with van der Waals surface area (Å²) in [5, 5.41) is 0. The second-order valence-electron chi connectivity index (χ2n) is 6.22. The van der Waals surface area contributed by atoms with Crippen LogP contribution in [0.1, 0.15) is 38.8 Å². The van der Waals surface area contributed by atoms with Gasteiger partial charge in [-0.05, 0) is 25.5 Å². The van der Waals surface area contributed by atoms with E-state index >= 15 is 0 Å². The third kappa shape index (κ3) is 5.23. The summed E-state index contributed by atoms with van der Waals surface area (Å²) in [4.78, 5) is 29.6. The molecule has 4 nitrogen and oxygen atoms in total. The van der Waals surface area contributed by atoms with E-state index in [1.54, 1.807) is 54.7 Å². The minimum absolute atomic E-state index is 0.202. The Kier molecular flexibility index (Phi) is 6.74. The van der Waals surface area contributed by atoms with Gasteiger partial charge in [0.2, 0.25) is 5.78 Å². The topological polar surface area (TPSA) is 55.7 Å². The number of nitrogens with zero attached hydrogens (tertiary/aromatic N) is 1. The number of ketones is 1. The second-order valence-corrected chi connectivity index (χ2v) is 8.53. The maximum Gasteiger partial charge on any atom is 0.339 e. The number of hydrogen-bond donors (Lipinski definition) is 0. The first-order valence-electron chi connectivity index (χ1n) is 8.74. The van der Waals surface area contributed by atoms with Crippen LogP contribution in [0.5, 0.6) is 0 Å². The highest BCUT2D eigenvalue weighted by Gasteiger charge is 2.22. The molecule has 0 aliphatic carbocycles. The van der Waals surface area contributed by atoms with E-state index in [1.807, 2.05) is 31.2 Å². The molecule has 27 heavy (non-hydrogen) atoms. The van der Waals surface area contributed by atoms with Crippen molar-refractivity contribution in [3.8, 4) is 0 Å². The summed E-state index contributed by atoms with van der Waals surface area (Å²) >= 11 is 3.37. The fraction of sp³-hybridized carbons (Fsp3) is 0.286. The van der Waals surface area contributed by atoms with Crippen molar-refractivity contribution in [3.63, 3.8) is 0 Å². The van der Waals surface area contributed by atoms with Crippen molar-refractivity contribution in [1.29, 1.82) is 0 Å². The summed E-state index contributed by atoms with van der Waals surface area (Å²) < 4.78 is 6.52. The molecule has 1 aliphatic rings. The summed E-state index contributed by atoms with van der Waals surface area (Å²) in [6.45, 7) is 4.43. The Morgan fingerprint density at radius 2 is 1.93 bits per heavy atom. The van der Waals surface area contributed by atoms with Crippen molar-refractivity contribution in [2.45, 2.75) is 25.7 Å². The smallest absolute Gasteiger partial charge is 0.339 e. The van der Waals surface area contributed by atoms with Gasteiger partial charge in [0.1, 0.15) is 4.38 Å². The van der Waals surface area contributed by atoms with Gasteiger partial charge in [0.15, 0.2) is 6.10 Å². The van der Waals surface area contributed by atoms with Crippen molar-refractivity contribution in [1.82, 2.24) is 0 Å². The number of thioether (sulfide) groups is 2. The highest BCUT2D eigenvalue weighted by Crippen LogP contribution is 2.27. The van der Waals surface area contributed by atoms with Crippen molar-refractivity contribution in [3.05, 3.63) is 70.8 Å². The molecule has 1 heterocycles. The lowest BCUT2D eigenvalue weighted by molar-refractivity contribution is 0.0318. The van der Waals surface area contributed by atoms with Crippen molar-refractivity contribution in [2.24, 2.45) is 4.99 Å². The predicted octanol–water partition coefficient (Wildman–Crippen LogP) is 4.76. The minimum atomic E-state index is -0.837. The molecule has 0 saturated carbocycles. The van der Waals surface area contributed by atoms with Gasteiger partial charge in [-0.25, -0.2) is 4.79 Å². The lowest BCUT2D eigenvalue weighted by atomic mass is 10.1. The molecule has 0 aromatic heterocycles. The maximum atomic E-state index is 12.6. The molecule has 0 saturated heterocycles. The largest absolute Gasteiger partial charge is 0.451 e. The van der Waals surface area contributed by atoms with Crippen LogP contribution < -0.4 is 0 Å². The first kappa shape index (κ1) is 19.7. The van der Waals surface area contributed by atoms with Gasteiger partial charge in [-0.1, -0.05) is 71.6 Å². The summed E-state index contributed by atoms with van der Waals surface area (Å²) in [6, 6.07) is 14.6. The highest BCUT2D eigenvalue weighted by atomic mass is 32.2. The van der Waals surface area contributed by atoms with Crippen molar-refractivity contribution in [2.75, 3.05) is 12.3 Å². The molecule has 0 radical (unpaired) electrons. The Morgan fingerprint density at radius 1 is 1.19 bits per heavy atom. The summed E-state index contributed by atoms with van der Waals surface area (Å²) in [7, 11) is 0. The number of aliphatic imine (C=N–C) groups is 1. The molecule has 140 valence electrons. The summed E-state index contributed by atoms with van der Waals surface area (Å²) in [5.41, 5.74) is 3.00. The molecule has 0 bridgehead atoms. The van der Waals surface area contributed by atoms with E-state index in [1.165, 1.54) is 0 Å². The Balaban J connectivity index is 1.66. The quantitative estimate of drug-likeness (QED) is 0.518. The fourth-order valence-corrected chi connectivity index (χ4v) is 4.63. The third-order valence-corrected chi connectivity index (χ3v) is 6.44. The highest BCUT2D eigenvalue weighted by molar-refractivity contribution is 8.38. The molecule has 6 heteroatoms. The Hall–Kier alpha value is -2.05. The Morgan fingerprint density at radius 3 is 2.63 bits per heavy atom. The zero-order valence-corrected chi connectivity index (χ0v) is 16.9. The van der Waals surface area contributed by atoms with Crippen LogP contribution in [0.15, 0.2) is 53.5 Å². The molecule has 0 spiro atoms. The number of hydrogen-bond acceptors (Lipinski definition) is 6. The first-order valence-corrected chi connectivity index (χ1v) is 10.7. The molecule has 1 aliphatic heterocycles. The van der Waals surface area contributed by atoms with Crippen LogP contribution in [0.2, 0.25) is 0 Å². The number of esters is 1. The van der Waals surface area contributed by atoms with Gasteiger partial charge in [-0.3, -0.25) is 9.79 Å². The van der Waals surface area contributed by atoms with Gasteiger partial charge in [-0.15, -0.1) is 0 Å². The Labute approximate surface area is 167 Å². The molecule has 0 fully saturated rings. The fourth-order valence-electron chi connectivity index (χ4n) is 2.62. The van der Waals surface area contributed by atoms with Crippen LogP contribution in [0, 0.1) is 6.92 Å². The number of carbonyl (C=O) groups excluding carboxylic acids is 2. The van der Waals surface area contributed by atoms with Crippen LogP contribution in [-0.2, 0) is 10.5 Å². The van der Waals surface area contributed by atoms with E-state index in [2.05, 4.69) is 4.99 Å². The number of Topliss-reactive ketones (excluding diaryl/α,β-unsaturated/α-hetero) is 1. The van der Waals surface area contributed by atoms with Crippen LogP contribution in [0.4, 0.5) is 0 Å². The second kappa shape index (κ2) is 9.24. The first-order chi connectivity index (χ1) is 13.0. The number of ether oxygens (including phenoxy) is 1. The number of aryl methyl sites for hydroxylation is 1. The predicted molar refractivity (Wildman–Crippen MR) is 113 cm³/mol. The molecule has 0 amide bonds. The van der Waals surface area contributed by atoms with E-state index in [0.717, 1.165) is 27.8 Å². The summed E-state index contributed by atoms with van der Waals surface area (Å²) in [5.74, 6) is 0.995. The van der Waals surface area contributed by atoms with Crippen LogP contribution >= 0.6 is 23.5 Å². The lowest BCUT2D eigenvalue weighted by Crippen LogP contribution is -2.25. The average molecular weight is 400 g/mol. The van der Waals surface area contributed by atoms with E-state index < -0.39 is 12.1 Å². The molecule has 2 aromatic carbocycles. The molecule has 1 atom stereocenters. The SMILES string of the molecule is Cc1ccc(C(=O)[C@H](C)OC(=O)c2ccccc2CSC2=NCCS2)cc1. The van der Waals surface area contributed by atoms with E-state index in [0.29, 0.717) is 16.9 Å². The third-order valence-electron chi connectivity index (χ3n) is 4.14. The van der Waals surface area contributed by atoms with E-state index in [9.17, 15) is 9.59 Å². The standard InChI is InChI=1S/C21H21NO3S2/c1-14-7-9-16(10-8-14)19(23)15(2)25-20(24)18-6-4-3-5-17(18)13-27-21-22-11-12-26-21/h3-10,15H,11-13H2,1-2H3/t15-/m0/s1. The average Bonchev–Trinajstić information content (AvgIpc) is 3.20. The van der Waals surface area contributed by atoms with Gasteiger partial charge < -0.3 is 4.74 Å². The molecular weight excluding hydrogens is 378 g/mol. The van der Waals surface area contributed by atoms with E-state index in [4.69, 9.17) is 4.74 Å². The zero-order valence-electron chi connectivity index (χ0n) is 15.3. The minimum Gasteiger partial charge on any atom is -0.451 e. The van der Waals surface area contributed by atoms with Gasteiger partial charge in [-0.2, -0.15) is 0 Å². The molecule has 3 rings (SSSR count). The van der Waals surface area contributed by atoms with Crippen LogP contribution in [-0.4, -0.2) is 34.5 Å². The molecule has 2 aromatic rings. The molecule has 0 N–H and O–H groups in total. The number of benzene rings is 2. The molecule has 0 unspecified atom stereocenters. The normalized spacial score (nSPS) is 14.5. The number of carbonyl (C=O) groups is 2. The van der Waals surface area contributed by atoms with Gasteiger partial charge >= 0.3 is 5.97 Å². The van der Waals surface area contributed by atoms with E-state index in [-0.39, 0.29) is 5.78 Å². The maximum absolute atomic E-state index is 12.6. The van der Waals surface area contributed by atoms with Crippen molar-refractivity contribution < 1.29 is 14.3 Å². The Bertz CT molecular complexity index is 862. The van der Waals surface area contributed by atoms with Gasteiger partial charge in [0, 0.05) is 17.1 Å². The zero-order chi connectivity index (χ0) is 19.2. The van der Waals surface area contributed by atoms with Crippen LogP contribution in [0.3, 0.4) is 0 Å². The summed E-state index contributed by atoms with van der Waals surface area (Å²) in [6.07, 6.45) is -0.837. The van der Waals surface area contributed by atoms with Crippen molar-refractivity contribution >= 4 is 39.7 Å². The van der Waals surface area contributed by atoms with Gasteiger partial charge in [0.05, 0.1) is 12.1 Å². The monoisotopic (exact) mass is 399 g/mol. The number of rotatable bonds is 6. The molecular formula is C21H21NO3S2. The lowest BCUT2D eigenvalue weighted by Gasteiger charge is -2.14. The van der Waals surface area contributed by atoms with Crippen LogP contribution in [0.25, 0.3) is 0 Å². The van der Waals surface area contributed by atoms with Gasteiger partial charge in [0.25, 0.3) is 0 Å².